The van der Waals surface area contributed by atoms with Gasteiger partial charge < -0.3 is 19.0 Å². The summed E-state index contributed by atoms with van der Waals surface area (Å²) in [6, 6.07) is 10.9. The lowest BCUT2D eigenvalue weighted by Crippen LogP contribution is -2.36. The fourth-order valence-corrected chi connectivity index (χ4v) is 3.18. The normalized spacial score (nSPS) is 10.7. The minimum Gasteiger partial charge on any atom is -0.487 e. The van der Waals surface area contributed by atoms with Gasteiger partial charge in [-0.25, -0.2) is 14.2 Å². The van der Waals surface area contributed by atoms with Gasteiger partial charge in [0.2, 0.25) is 5.89 Å². The highest BCUT2D eigenvalue weighted by atomic mass is 35.5. The molecule has 1 aromatic heterocycles. The van der Waals surface area contributed by atoms with E-state index >= 15 is 0 Å². The lowest BCUT2D eigenvalue weighted by Gasteiger charge is -2.21. The number of carboxylic acids is 1. The maximum absolute atomic E-state index is 14.4. The molecule has 0 spiro atoms. The number of alkyl halides is 1. The predicted octanol–water partition coefficient (Wildman–Crippen LogP) is 5.40. The van der Waals surface area contributed by atoms with Crippen LogP contribution in [0, 0.1) is 12.7 Å². The van der Waals surface area contributed by atoms with Crippen molar-refractivity contribution in [3.05, 3.63) is 70.3 Å². The van der Waals surface area contributed by atoms with Gasteiger partial charge in [-0.1, -0.05) is 11.6 Å². The van der Waals surface area contributed by atoms with Gasteiger partial charge in [0, 0.05) is 22.6 Å². The summed E-state index contributed by atoms with van der Waals surface area (Å²) >= 11 is 5.91. The Bertz CT molecular complexity index is 1170. The molecule has 0 radical (unpaired) electrons. The molecule has 0 bridgehead atoms. The molecule has 0 aliphatic carbocycles. The number of aryl methyl sites for hydroxylation is 1. The third-order valence-electron chi connectivity index (χ3n) is 4.83. The van der Waals surface area contributed by atoms with Gasteiger partial charge in [0.25, 0.3) is 0 Å². The number of ether oxygens (including phenoxy) is 2. The second kappa shape index (κ2) is 12.2. The Hall–Kier alpha value is -3.66. The van der Waals surface area contributed by atoms with E-state index in [9.17, 15) is 18.4 Å². The summed E-state index contributed by atoms with van der Waals surface area (Å²) in [5.41, 5.74) is 1.29. The van der Waals surface area contributed by atoms with Crippen molar-refractivity contribution in [1.82, 2.24) is 9.88 Å². The summed E-state index contributed by atoms with van der Waals surface area (Å²) in [5.74, 6) is -0.753. The Kier molecular flexibility index (Phi) is 9.02. The number of carbonyl (C=O) groups excluding carboxylic acids is 1. The smallest absolute Gasteiger partial charge is 0.410 e. The molecule has 186 valence electrons. The van der Waals surface area contributed by atoms with Crippen LogP contribution in [-0.2, 0) is 22.7 Å². The van der Waals surface area contributed by atoms with E-state index in [0.29, 0.717) is 22.4 Å². The Morgan fingerprint density at radius 3 is 2.63 bits per heavy atom. The Morgan fingerprint density at radius 2 is 1.94 bits per heavy atom. The molecule has 1 N–H and O–H groups in total. The lowest BCUT2D eigenvalue weighted by atomic mass is 10.2. The van der Waals surface area contributed by atoms with E-state index in [1.54, 1.807) is 31.2 Å². The van der Waals surface area contributed by atoms with Gasteiger partial charge in [0.1, 0.15) is 36.2 Å². The van der Waals surface area contributed by atoms with Gasteiger partial charge in [0.15, 0.2) is 0 Å². The molecule has 1 amide bonds. The monoisotopic (exact) mass is 508 g/mol. The number of carbonyl (C=O) groups is 2. The molecule has 11 heteroatoms. The molecule has 0 unspecified atom stereocenters. The van der Waals surface area contributed by atoms with Crippen LogP contribution in [0.4, 0.5) is 13.6 Å². The van der Waals surface area contributed by atoms with Crippen molar-refractivity contribution in [2.75, 3.05) is 19.8 Å². The summed E-state index contributed by atoms with van der Waals surface area (Å²) in [6.07, 6.45) is -1.01. The minimum absolute atomic E-state index is 0.0184. The topological polar surface area (TPSA) is 102 Å². The first-order valence-corrected chi connectivity index (χ1v) is 11.0. The van der Waals surface area contributed by atoms with Crippen LogP contribution in [-0.4, -0.2) is 46.9 Å². The molecular formula is C24H23ClF2N2O6. The number of hydrogen-bond acceptors (Lipinski definition) is 6. The molecule has 2 aromatic carbocycles. The van der Waals surface area contributed by atoms with Gasteiger partial charge in [-0.3, -0.25) is 14.1 Å². The van der Waals surface area contributed by atoms with E-state index in [0.717, 1.165) is 16.5 Å². The molecule has 0 aliphatic heterocycles. The average Bonchev–Trinajstić information content (AvgIpc) is 3.19. The van der Waals surface area contributed by atoms with Crippen molar-refractivity contribution in [2.24, 2.45) is 0 Å². The van der Waals surface area contributed by atoms with Crippen LogP contribution in [0.25, 0.3) is 11.5 Å². The number of carboxylic acid groups (broad SMARTS) is 1. The van der Waals surface area contributed by atoms with Crippen molar-refractivity contribution >= 4 is 23.7 Å². The van der Waals surface area contributed by atoms with Crippen LogP contribution >= 0.6 is 11.6 Å². The summed E-state index contributed by atoms with van der Waals surface area (Å²) in [4.78, 5) is 28.6. The summed E-state index contributed by atoms with van der Waals surface area (Å²) in [6.45, 7) is -0.242. The number of amides is 1. The van der Waals surface area contributed by atoms with Crippen LogP contribution in [0.5, 0.6) is 5.75 Å². The number of hydrogen-bond donors (Lipinski definition) is 1. The van der Waals surface area contributed by atoms with E-state index in [-0.39, 0.29) is 37.5 Å². The van der Waals surface area contributed by atoms with E-state index in [1.807, 2.05) is 0 Å². The Balaban J connectivity index is 1.70. The van der Waals surface area contributed by atoms with Gasteiger partial charge in [0.05, 0.1) is 19.8 Å². The third kappa shape index (κ3) is 7.41. The molecule has 1 heterocycles. The minimum atomic E-state index is -1.31. The number of halogens is 3. The fourth-order valence-electron chi connectivity index (χ4n) is 3.05. The van der Waals surface area contributed by atoms with Gasteiger partial charge in [-0.15, -0.1) is 0 Å². The maximum Gasteiger partial charge on any atom is 0.410 e. The largest absolute Gasteiger partial charge is 0.487 e. The first-order valence-electron chi connectivity index (χ1n) is 10.6. The molecular weight excluding hydrogens is 486 g/mol. The Morgan fingerprint density at radius 1 is 1.20 bits per heavy atom. The standard InChI is InChI=1S/C24H23ClF2N2O6/c1-15-21(28-23(35-15)16-3-5-18(25)6-4-16)14-34-19-7-8-20(27)17(11-19)12-29(13-22(30)31)24(32)33-10-2-9-26/h3-8,11H,2,9-10,12-14H2,1H3,(H,30,31). The van der Waals surface area contributed by atoms with Crippen molar-refractivity contribution in [1.29, 1.82) is 0 Å². The quantitative estimate of drug-likeness (QED) is 0.346. The van der Waals surface area contributed by atoms with Crippen LogP contribution in [0.3, 0.4) is 0 Å². The number of benzene rings is 2. The number of aliphatic carboxylic acids is 1. The molecule has 0 fully saturated rings. The highest BCUT2D eigenvalue weighted by molar-refractivity contribution is 6.30. The van der Waals surface area contributed by atoms with Crippen LogP contribution < -0.4 is 4.74 Å². The van der Waals surface area contributed by atoms with Gasteiger partial charge >= 0.3 is 12.1 Å². The van der Waals surface area contributed by atoms with Gasteiger partial charge in [-0.05, 0) is 49.4 Å². The third-order valence-corrected chi connectivity index (χ3v) is 5.08. The van der Waals surface area contributed by atoms with Crippen LogP contribution in [0.15, 0.2) is 46.9 Å². The SMILES string of the molecule is Cc1oc(-c2ccc(Cl)cc2)nc1COc1ccc(F)c(CN(CC(=O)O)C(=O)OCCCF)c1. The highest BCUT2D eigenvalue weighted by Crippen LogP contribution is 2.25. The number of oxazole rings is 1. The van der Waals surface area contributed by atoms with E-state index in [1.165, 1.54) is 12.1 Å². The van der Waals surface area contributed by atoms with E-state index < -0.39 is 31.1 Å². The van der Waals surface area contributed by atoms with E-state index in [4.69, 9.17) is 30.6 Å². The molecule has 3 rings (SSSR count). The van der Waals surface area contributed by atoms with Crippen molar-refractivity contribution in [3.63, 3.8) is 0 Å². The number of rotatable bonds is 11. The Labute approximate surface area is 205 Å². The zero-order valence-corrected chi connectivity index (χ0v) is 19.6. The van der Waals surface area contributed by atoms with Crippen LogP contribution in [0.1, 0.15) is 23.4 Å². The van der Waals surface area contributed by atoms with Crippen molar-refractivity contribution in [3.8, 4) is 17.2 Å². The molecule has 0 atom stereocenters. The average molecular weight is 509 g/mol. The number of aromatic nitrogens is 1. The first kappa shape index (κ1) is 26.0. The summed E-state index contributed by atoms with van der Waals surface area (Å²) in [5, 5.41) is 9.68. The zero-order valence-electron chi connectivity index (χ0n) is 18.8. The summed E-state index contributed by atoms with van der Waals surface area (Å²) in [7, 11) is 0. The molecule has 0 saturated heterocycles. The molecule has 3 aromatic rings. The van der Waals surface area contributed by atoms with E-state index in [2.05, 4.69) is 4.98 Å². The summed E-state index contributed by atoms with van der Waals surface area (Å²) < 4.78 is 42.9. The fraction of sp³-hybridized carbons (Fsp3) is 0.292. The molecule has 8 nitrogen and oxygen atoms in total. The van der Waals surface area contributed by atoms with Crippen molar-refractivity contribution < 1.29 is 37.4 Å². The molecule has 0 aliphatic rings. The molecule has 35 heavy (non-hydrogen) atoms. The predicted molar refractivity (Wildman–Crippen MR) is 122 cm³/mol. The zero-order chi connectivity index (χ0) is 25.4. The number of nitrogens with zero attached hydrogens (tertiary/aromatic N) is 2. The van der Waals surface area contributed by atoms with Crippen LogP contribution in [0.2, 0.25) is 5.02 Å². The maximum atomic E-state index is 14.4. The first-order chi connectivity index (χ1) is 16.8. The molecule has 0 saturated carbocycles. The van der Waals surface area contributed by atoms with Gasteiger partial charge in [-0.2, -0.15) is 0 Å². The second-order valence-corrected chi connectivity index (χ2v) is 7.91. The van der Waals surface area contributed by atoms with Crippen molar-refractivity contribution in [2.45, 2.75) is 26.5 Å². The highest BCUT2D eigenvalue weighted by Gasteiger charge is 2.21. The second-order valence-electron chi connectivity index (χ2n) is 7.48. The lowest BCUT2D eigenvalue weighted by molar-refractivity contribution is -0.138.